The molecule has 6 nitrogen and oxygen atoms in total. The van der Waals surface area contributed by atoms with Crippen LogP contribution in [0.4, 0.5) is 5.82 Å². The summed E-state index contributed by atoms with van der Waals surface area (Å²) in [4.78, 5) is 18.5. The number of carboxylic acids is 1. The van der Waals surface area contributed by atoms with E-state index < -0.39 is 5.97 Å². The molecule has 2 aromatic rings. The van der Waals surface area contributed by atoms with Crippen LogP contribution in [0.2, 0.25) is 5.02 Å². The van der Waals surface area contributed by atoms with Gasteiger partial charge in [-0.1, -0.05) is 23.7 Å². The lowest BCUT2D eigenvalue weighted by atomic mass is 10.1. The molecular weight excluding hydrogens is 282 g/mol. The van der Waals surface area contributed by atoms with Crippen molar-refractivity contribution in [3.63, 3.8) is 0 Å². The molecule has 0 amide bonds. The van der Waals surface area contributed by atoms with E-state index in [2.05, 4.69) is 15.3 Å². The van der Waals surface area contributed by atoms with E-state index in [0.717, 1.165) is 5.56 Å². The van der Waals surface area contributed by atoms with Crippen LogP contribution >= 0.6 is 11.6 Å². The minimum Gasteiger partial charge on any atom is -0.489 e. The summed E-state index contributed by atoms with van der Waals surface area (Å²) < 4.78 is 5.54. The summed E-state index contributed by atoms with van der Waals surface area (Å²) >= 11 is 6.05. The lowest BCUT2D eigenvalue weighted by Gasteiger charge is -2.11. The van der Waals surface area contributed by atoms with Gasteiger partial charge in [-0.15, -0.1) is 0 Å². The summed E-state index contributed by atoms with van der Waals surface area (Å²) in [5, 5.41) is 12.5. The number of hydrogen-bond donors (Lipinski definition) is 2. The third-order valence-electron chi connectivity index (χ3n) is 2.96. The predicted molar refractivity (Wildman–Crippen MR) is 72.3 cm³/mol. The summed E-state index contributed by atoms with van der Waals surface area (Å²) in [5.74, 6) is 0.0450. The number of halogens is 1. The Balaban J connectivity index is 1.80. The molecule has 0 saturated carbocycles. The first kappa shape index (κ1) is 12.7. The van der Waals surface area contributed by atoms with Gasteiger partial charge in [0.2, 0.25) is 0 Å². The molecule has 0 bridgehead atoms. The Morgan fingerprint density at radius 2 is 2.25 bits per heavy atom. The van der Waals surface area contributed by atoms with Gasteiger partial charge < -0.3 is 15.2 Å². The van der Waals surface area contributed by atoms with Gasteiger partial charge in [-0.2, -0.15) is 0 Å². The normalized spacial score (nSPS) is 16.4. The third kappa shape index (κ3) is 2.25. The van der Waals surface area contributed by atoms with Gasteiger partial charge in [0.25, 0.3) is 0 Å². The van der Waals surface area contributed by atoms with E-state index in [1.165, 1.54) is 12.4 Å². The number of aromatic carboxylic acids is 1. The Kier molecular flexibility index (Phi) is 3.15. The number of carbonyl (C=O) groups is 1. The molecule has 1 aliphatic rings. The zero-order chi connectivity index (χ0) is 14.1. The fourth-order valence-corrected chi connectivity index (χ4v) is 2.26. The predicted octanol–water partition coefficient (Wildman–Crippen LogP) is 2.37. The molecule has 3 rings (SSSR count). The molecular formula is C13H10ClN3O3. The van der Waals surface area contributed by atoms with Crippen LogP contribution in [-0.4, -0.2) is 27.7 Å². The second-order valence-electron chi connectivity index (χ2n) is 4.26. The molecule has 0 aliphatic carbocycles. The van der Waals surface area contributed by atoms with E-state index >= 15 is 0 Å². The number of fused-ring (bicyclic) bond motifs is 1. The van der Waals surface area contributed by atoms with Gasteiger partial charge in [0.1, 0.15) is 18.2 Å². The number of carboxylic acid groups (broad SMARTS) is 1. The Morgan fingerprint density at radius 3 is 2.95 bits per heavy atom. The molecule has 1 aliphatic heterocycles. The van der Waals surface area contributed by atoms with E-state index in [9.17, 15) is 4.79 Å². The van der Waals surface area contributed by atoms with Crippen molar-refractivity contribution in [3.8, 4) is 5.75 Å². The maximum Gasteiger partial charge on any atom is 0.356 e. The Morgan fingerprint density at radius 1 is 1.40 bits per heavy atom. The fraction of sp³-hybridized carbons (Fsp3) is 0.154. The van der Waals surface area contributed by atoms with Gasteiger partial charge in [-0.3, -0.25) is 0 Å². The van der Waals surface area contributed by atoms with Gasteiger partial charge in [0.15, 0.2) is 5.69 Å². The van der Waals surface area contributed by atoms with E-state index in [1.807, 2.05) is 12.1 Å². The number of hydrogen-bond acceptors (Lipinski definition) is 5. The minimum absolute atomic E-state index is 0.0892. The number of aromatic nitrogens is 2. The molecule has 1 atom stereocenters. The van der Waals surface area contributed by atoms with Gasteiger partial charge in [-0.25, -0.2) is 14.8 Å². The number of nitrogens with zero attached hydrogens (tertiary/aromatic N) is 2. The van der Waals surface area contributed by atoms with Gasteiger partial charge in [0, 0.05) is 5.56 Å². The summed E-state index contributed by atoms with van der Waals surface area (Å²) in [6, 6.07) is 5.45. The zero-order valence-corrected chi connectivity index (χ0v) is 11.0. The summed E-state index contributed by atoms with van der Waals surface area (Å²) in [6.45, 7) is 0.432. The second-order valence-corrected chi connectivity index (χ2v) is 4.67. The monoisotopic (exact) mass is 291 g/mol. The van der Waals surface area contributed by atoms with E-state index in [4.69, 9.17) is 21.4 Å². The van der Waals surface area contributed by atoms with Crippen molar-refractivity contribution in [3.05, 3.63) is 46.9 Å². The first-order valence-electron chi connectivity index (χ1n) is 5.88. The van der Waals surface area contributed by atoms with Crippen molar-refractivity contribution in [2.45, 2.75) is 6.04 Å². The zero-order valence-electron chi connectivity index (χ0n) is 10.2. The lowest BCUT2D eigenvalue weighted by molar-refractivity contribution is 0.0690. The van der Waals surface area contributed by atoms with Crippen molar-refractivity contribution in [1.82, 2.24) is 9.97 Å². The van der Waals surface area contributed by atoms with E-state index in [1.54, 1.807) is 6.07 Å². The first-order valence-corrected chi connectivity index (χ1v) is 6.26. The van der Waals surface area contributed by atoms with Crippen LogP contribution < -0.4 is 10.1 Å². The Hall–Kier alpha value is -2.34. The molecule has 1 aromatic heterocycles. The van der Waals surface area contributed by atoms with Crippen LogP contribution in [0.5, 0.6) is 5.75 Å². The van der Waals surface area contributed by atoms with Crippen LogP contribution in [0.1, 0.15) is 22.1 Å². The average Bonchev–Trinajstić information content (AvgIpc) is 2.84. The van der Waals surface area contributed by atoms with E-state index in [-0.39, 0.29) is 11.7 Å². The van der Waals surface area contributed by atoms with Crippen LogP contribution in [0.3, 0.4) is 0 Å². The third-order valence-corrected chi connectivity index (χ3v) is 3.26. The molecule has 1 unspecified atom stereocenters. The van der Waals surface area contributed by atoms with Crippen LogP contribution in [0, 0.1) is 0 Å². The number of benzene rings is 1. The highest BCUT2D eigenvalue weighted by Gasteiger charge is 2.26. The van der Waals surface area contributed by atoms with Crippen molar-refractivity contribution in [1.29, 1.82) is 0 Å². The van der Waals surface area contributed by atoms with Crippen LogP contribution in [-0.2, 0) is 0 Å². The number of para-hydroxylation sites is 1. The van der Waals surface area contributed by atoms with Crippen molar-refractivity contribution >= 4 is 23.4 Å². The average molecular weight is 292 g/mol. The summed E-state index contributed by atoms with van der Waals surface area (Å²) in [7, 11) is 0. The molecule has 0 radical (unpaired) electrons. The number of ether oxygens (including phenoxy) is 1. The van der Waals surface area contributed by atoms with E-state index in [0.29, 0.717) is 23.2 Å². The quantitative estimate of drug-likeness (QED) is 0.903. The first-order chi connectivity index (χ1) is 9.65. The highest BCUT2D eigenvalue weighted by Crippen LogP contribution is 2.39. The Labute approximate surface area is 119 Å². The molecule has 2 N–H and O–H groups in total. The summed E-state index contributed by atoms with van der Waals surface area (Å²) in [6.07, 6.45) is 2.59. The minimum atomic E-state index is -1.11. The number of rotatable bonds is 3. The molecule has 0 saturated heterocycles. The maximum atomic E-state index is 10.7. The molecule has 102 valence electrons. The van der Waals surface area contributed by atoms with Crippen molar-refractivity contribution in [2.24, 2.45) is 0 Å². The van der Waals surface area contributed by atoms with Crippen molar-refractivity contribution < 1.29 is 14.6 Å². The Bertz CT molecular complexity index is 660. The van der Waals surface area contributed by atoms with Crippen LogP contribution in [0.15, 0.2) is 30.6 Å². The second kappa shape index (κ2) is 4.97. The SMILES string of the molecule is O=C(O)c1cnc(NC2COc3c(Cl)cccc32)cn1. The lowest BCUT2D eigenvalue weighted by Crippen LogP contribution is -2.13. The highest BCUT2D eigenvalue weighted by atomic mass is 35.5. The molecule has 0 fully saturated rings. The number of nitrogens with one attached hydrogen (secondary N) is 1. The number of anilines is 1. The highest BCUT2D eigenvalue weighted by molar-refractivity contribution is 6.32. The van der Waals surface area contributed by atoms with Crippen LogP contribution in [0.25, 0.3) is 0 Å². The van der Waals surface area contributed by atoms with Gasteiger partial charge >= 0.3 is 5.97 Å². The summed E-state index contributed by atoms with van der Waals surface area (Å²) in [5.41, 5.74) is 0.850. The van der Waals surface area contributed by atoms with Gasteiger partial charge in [0.05, 0.1) is 23.5 Å². The molecule has 7 heteroatoms. The topological polar surface area (TPSA) is 84.3 Å². The molecule has 20 heavy (non-hydrogen) atoms. The standard InChI is InChI=1S/C13H10ClN3O3/c14-8-3-1-2-7-10(6-20-12(7)8)17-11-5-15-9(4-16-11)13(18)19/h1-5,10H,6H2,(H,16,17)(H,18,19). The largest absolute Gasteiger partial charge is 0.489 e. The molecule has 1 aromatic carbocycles. The van der Waals surface area contributed by atoms with Gasteiger partial charge in [-0.05, 0) is 6.07 Å². The molecule has 0 spiro atoms. The smallest absolute Gasteiger partial charge is 0.356 e. The maximum absolute atomic E-state index is 10.7. The van der Waals surface area contributed by atoms with Crippen molar-refractivity contribution in [2.75, 3.05) is 11.9 Å². The fourth-order valence-electron chi connectivity index (χ4n) is 2.02. The molecule has 2 heterocycles.